The third-order valence-electron chi connectivity index (χ3n) is 5.35. The zero-order chi connectivity index (χ0) is 23.6. The van der Waals surface area contributed by atoms with Gasteiger partial charge in [-0.05, 0) is 31.5 Å². The van der Waals surface area contributed by atoms with Gasteiger partial charge in [0.1, 0.15) is 17.1 Å². The Bertz CT molecular complexity index is 1200. The maximum Gasteiger partial charge on any atom is 0.256 e. The molecule has 0 saturated carbocycles. The molecule has 0 radical (unpaired) electrons. The zero-order valence-corrected chi connectivity index (χ0v) is 18.5. The van der Waals surface area contributed by atoms with E-state index in [0.717, 1.165) is 5.56 Å². The normalized spacial score (nSPS) is 14.7. The molecule has 9 heteroatoms. The quantitative estimate of drug-likeness (QED) is 0.435. The molecule has 0 fully saturated rings. The summed E-state index contributed by atoms with van der Waals surface area (Å²) in [6.45, 7) is 3.26. The van der Waals surface area contributed by atoms with Crippen molar-refractivity contribution in [2.45, 2.75) is 25.5 Å². The highest BCUT2D eigenvalue weighted by molar-refractivity contribution is 6.07. The van der Waals surface area contributed by atoms with E-state index in [1.54, 1.807) is 32.0 Å². The molecule has 0 aliphatic carbocycles. The summed E-state index contributed by atoms with van der Waals surface area (Å²) >= 11 is 0. The average Bonchev–Trinajstić information content (AvgIpc) is 3.05. The molecule has 0 spiro atoms. The summed E-state index contributed by atoms with van der Waals surface area (Å²) in [4.78, 5) is 33.5. The van der Waals surface area contributed by atoms with Crippen molar-refractivity contribution in [3.05, 3.63) is 71.4 Å². The molecule has 0 bridgehead atoms. The zero-order valence-electron chi connectivity index (χ0n) is 18.5. The van der Waals surface area contributed by atoms with Gasteiger partial charge in [0.05, 0.1) is 18.2 Å². The van der Waals surface area contributed by atoms with Gasteiger partial charge < -0.3 is 25.8 Å². The SMILES string of the molecule is CNC(=O)c1cnc(Nc2ccc3c(c2)OC(C)(C)C3=O)nc1N[C@H](CO)c1ccccc1. The highest BCUT2D eigenvalue weighted by Gasteiger charge is 2.39. The van der Waals surface area contributed by atoms with Gasteiger partial charge in [-0.15, -0.1) is 0 Å². The van der Waals surface area contributed by atoms with E-state index in [1.807, 2.05) is 30.3 Å². The van der Waals surface area contributed by atoms with Gasteiger partial charge in [0, 0.05) is 25.0 Å². The third kappa shape index (κ3) is 4.49. The van der Waals surface area contributed by atoms with Crippen LogP contribution in [-0.4, -0.2) is 46.0 Å². The van der Waals surface area contributed by atoms with Crippen molar-refractivity contribution in [3.8, 4) is 5.75 Å². The van der Waals surface area contributed by atoms with Gasteiger partial charge in [-0.3, -0.25) is 9.59 Å². The fraction of sp³-hybridized carbons (Fsp3) is 0.250. The van der Waals surface area contributed by atoms with Crippen molar-refractivity contribution in [2.75, 3.05) is 24.3 Å². The lowest BCUT2D eigenvalue weighted by Gasteiger charge is -2.19. The van der Waals surface area contributed by atoms with Crippen LogP contribution in [0.1, 0.15) is 46.2 Å². The molecule has 1 aromatic heterocycles. The number of nitrogens with one attached hydrogen (secondary N) is 3. The molecule has 170 valence electrons. The van der Waals surface area contributed by atoms with Gasteiger partial charge >= 0.3 is 0 Å². The molecule has 0 saturated heterocycles. The molecule has 1 amide bonds. The standard InChI is InChI=1S/C24H25N5O4/c1-24(2)20(31)16-10-9-15(11-19(16)33-24)27-23-26-12-17(22(32)25-3)21(29-23)28-18(13-30)14-7-5-4-6-8-14/h4-12,18,30H,13H2,1-3H3,(H,25,32)(H2,26,27,28,29)/t18-/m1/s1. The first-order chi connectivity index (χ1) is 15.8. The smallest absolute Gasteiger partial charge is 0.256 e. The molecular formula is C24H25N5O4. The highest BCUT2D eigenvalue weighted by Crippen LogP contribution is 2.37. The van der Waals surface area contributed by atoms with Crippen molar-refractivity contribution in [1.82, 2.24) is 15.3 Å². The van der Waals surface area contributed by atoms with Gasteiger partial charge in [0.15, 0.2) is 5.60 Å². The number of nitrogens with zero attached hydrogens (tertiary/aromatic N) is 2. The van der Waals surface area contributed by atoms with Crippen molar-refractivity contribution < 1.29 is 19.4 Å². The number of ketones is 1. The van der Waals surface area contributed by atoms with E-state index >= 15 is 0 Å². The van der Waals surface area contributed by atoms with E-state index in [0.29, 0.717) is 17.0 Å². The Kier molecular flexibility index (Phi) is 5.97. The Morgan fingerprint density at radius 2 is 1.94 bits per heavy atom. The van der Waals surface area contributed by atoms with E-state index in [9.17, 15) is 14.7 Å². The minimum absolute atomic E-state index is 0.0716. The largest absolute Gasteiger partial charge is 0.479 e. The second-order valence-electron chi connectivity index (χ2n) is 8.10. The summed E-state index contributed by atoms with van der Waals surface area (Å²) < 4.78 is 5.77. The number of rotatable bonds is 7. The van der Waals surface area contributed by atoms with Crippen LogP contribution in [0.25, 0.3) is 0 Å². The Balaban J connectivity index is 1.63. The fourth-order valence-corrected chi connectivity index (χ4v) is 3.58. The lowest BCUT2D eigenvalue weighted by molar-refractivity contribution is 0.0684. The Morgan fingerprint density at radius 3 is 2.64 bits per heavy atom. The molecule has 2 heterocycles. The lowest BCUT2D eigenvalue weighted by Crippen LogP contribution is -2.31. The van der Waals surface area contributed by atoms with Crippen molar-refractivity contribution >= 4 is 29.1 Å². The van der Waals surface area contributed by atoms with Crippen LogP contribution < -0.4 is 20.7 Å². The van der Waals surface area contributed by atoms with E-state index < -0.39 is 11.6 Å². The van der Waals surface area contributed by atoms with Crippen LogP contribution in [0.3, 0.4) is 0 Å². The molecule has 4 N–H and O–H groups in total. The summed E-state index contributed by atoms with van der Waals surface area (Å²) in [5.41, 5.74) is 1.33. The second-order valence-corrected chi connectivity index (χ2v) is 8.10. The van der Waals surface area contributed by atoms with Crippen molar-refractivity contribution in [1.29, 1.82) is 0 Å². The Hall–Kier alpha value is -3.98. The minimum atomic E-state index is -0.902. The number of aromatic nitrogens is 2. The maximum absolute atomic E-state index is 12.4. The van der Waals surface area contributed by atoms with E-state index in [2.05, 4.69) is 25.9 Å². The number of aliphatic hydroxyl groups is 1. The molecule has 0 unspecified atom stereocenters. The van der Waals surface area contributed by atoms with E-state index in [4.69, 9.17) is 4.74 Å². The first-order valence-corrected chi connectivity index (χ1v) is 10.5. The number of carbonyl (C=O) groups excluding carboxylic acids is 2. The number of carbonyl (C=O) groups is 2. The van der Waals surface area contributed by atoms with Gasteiger partial charge in [-0.1, -0.05) is 30.3 Å². The fourth-order valence-electron chi connectivity index (χ4n) is 3.58. The van der Waals surface area contributed by atoms with Crippen LogP contribution in [0.4, 0.5) is 17.5 Å². The third-order valence-corrected chi connectivity index (χ3v) is 5.35. The molecule has 33 heavy (non-hydrogen) atoms. The summed E-state index contributed by atoms with van der Waals surface area (Å²) in [7, 11) is 1.52. The molecule has 3 aromatic rings. The van der Waals surface area contributed by atoms with Crippen LogP contribution in [0.5, 0.6) is 5.75 Å². The predicted molar refractivity (Wildman–Crippen MR) is 124 cm³/mol. The molecular weight excluding hydrogens is 422 g/mol. The highest BCUT2D eigenvalue weighted by atomic mass is 16.5. The number of anilines is 3. The number of fused-ring (bicyclic) bond motifs is 1. The number of hydrogen-bond donors (Lipinski definition) is 4. The van der Waals surface area contributed by atoms with Crippen LogP contribution in [0.15, 0.2) is 54.7 Å². The molecule has 1 aliphatic rings. The maximum atomic E-state index is 12.4. The second kappa shape index (κ2) is 8.87. The monoisotopic (exact) mass is 447 g/mol. The predicted octanol–water partition coefficient (Wildman–Crippen LogP) is 3.08. The number of Topliss-reactive ketones (excluding diaryl/α,β-unsaturated/α-hetero) is 1. The number of hydrogen-bond acceptors (Lipinski definition) is 8. The number of amides is 1. The number of aliphatic hydroxyl groups excluding tert-OH is 1. The summed E-state index contributed by atoms with van der Waals surface area (Å²) in [6, 6.07) is 14.1. The van der Waals surface area contributed by atoms with Crippen LogP contribution >= 0.6 is 0 Å². The first-order valence-electron chi connectivity index (χ1n) is 10.5. The average molecular weight is 447 g/mol. The van der Waals surface area contributed by atoms with E-state index in [1.165, 1.54) is 13.2 Å². The topological polar surface area (TPSA) is 125 Å². The van der Waals surface area contributed by atoms with Gasteiger partial charge in [-0.25, -0.2) is 4.98 Å². The molecule has 1 aliphatic heterocycles. The molecule has 1 atom stereocenters. The molecule has 9 nitrogen and oxygen atoms in total. The summed E-state index contributed by atoms with van der Waals surface area (Å²) in [5, 5.41) is 18.7. The first kappa shape index (κ1) is 22.2. The van der Waals surface area contributed by atoms with Gasteiger partial charge in [0.2, 0.25) is 11.7 Å². The summed E-state index contributed by atoms with van der Waals surface area (Å²) in [6.07, 6.45) is 1.41. The van der Waals surface area contributed by atoms with Crippen LogP contribution in [0, 0.1) is 0 Å². The van der Waals surface area contributed by atoms with Gasteiger partial charge in [0.25, 0.3) is 5.91 Å². The summed E-state index contributed by atoms with van der Waals surface area (Å²) in [5.74, 6) is 0.555. The lowest BCUT2D eigenvalue weighted by atomic mass is 10.00. The van der Waals surface area contributed by atoms with Crippen LogP contribution in [-0.2, 0) is 0 Å². The molecule has 4 rings (SSSR count). The number of ether oxygens (including phenoxy) is 1. The van der Waals surface area contributed by atoms with Crippen LogP contribution in [0.2, 0.25) is 0 Å². The Morgan fingerprint density at radius 1 is 1.18 bits per heavy atom. The molecule has 2 aromatic carbocycles. The van der Waals surface area contributed by atoms with Gasteiger partial charge in [-0.2, -0.15) is 4.98 Å². The minimum Gasteiger partial charge on any atom is -0.479 e. The van der Waals surface area contributed by atoms with E-state index in [-0.39, 0.29) is 35.6 Å². The van der Waals surface area contributed by atoms with Crippen molar-refractivity contribution in [3.63, 3.8) is 0 Å². The number of benzene rings is 2. The Labute approximate surface area is 191 Å². The van der Waals surface area contributed by atoms with Crippen molar-refractivity contribution in [2.24, 2.45) is 0 Å².